The van der Waals surface area contributed by atoms with Crippen molar-refractivity contribution in [2.24, 2.45) is 0 Å². The lowest BCUT2D eigenvalue weighted by Gasteiger charge is -2.20. The van der Waals surface area contributed by atoms with Gasteiger partial charge in [-0.25, -0.2) is 0 Å². The Bertz CT molecular complexity index is 1290. The quantitative estimate of drug-likeness (QED) is 0.300. The summed E-state index contributed by atoms with van der Waals surface area (Å²) in [6.07, 6.45) is 0. The highest BCUT2D eigenvalue weighted by Crippen LogP contribution is 2.36. The van der Waals surface area contributed by atoms with Crippen LogP contribution in [0.5, 0.6) is 0 Å². The van der Waals surface area contributed by atoms with Crippen LogP contribution in [-0.2, 0) is 0 Å². The van der Waals surface area contributed by atoms with Gasteiger partial charge in [0.1, 0.15) is 0 Å². The van der Waals surface area contributed by atoms with Crippen LogP contribution in [0.15, 0.2) is 60.7 Å². The fourth-order valence-corrected chi connectivity index (χ4v) is 4.68. The SMILES string of the molecule is Cc1ccc(C(c2ccc3c(C)c(C)[nH]c3c2)c2ccc3c(C)c(C)[nH]c3c2)cc1. The first-order valence-corrected chi connectivity index (χ1v) is 10.7. The Hall–Kier alpha value is -3.26. The zero-order valence-electron chi connectivity index (χ0n) is 18.4. The Kier molecular flexibility index (Phi) is 4.32. The molecule has 0 saturated heterocycles. The third kappa shape index (κ3) is 2.95. The van der Waals surface area contributed by atoms with Gasteiger partial charge in [-0.05, 0) is 74.6 Å². The van der Waals surface area contributed by atoms with Crippen LogP contribution >= 0.6 is 0 Å². The van der Waals surface area contributed by atoms with Gasteiger partial charge in [0.15, 0.2) is 0 Å². The van der Waals surface area contributed by atoms with Crippen LogP contribution in [0.1, 0.15) is 50.7 Å². The summed E-state index contributed by atoms with van der Waals surface area (Å²) in [6, 6.07) is 22.8. The number of fused-ring (bicyclic) bond motifs is 2. The van der Waals surface area contributed by atoms with Crippen molar-refractivity contribution >= 4 is 21.8 Å². The summed E-state index contributed by atoms with van der Waals surface area (Å²) in [5.41, 5.74) is 12.8. The van der Waals surface area contributed by atoms with Crippen LogP contribution in [-0.4, -0.2) is 9.97 Å². The Morgan fingerprint density at radius 2 is 0.967 bits per heavy atom. The smallest absolute Gasteiger partial charge is 0.0461 e. The number of hydrogen-bond acceptors (Lipinski definition) is 0. The van der Waals surface area contributed by atoms with Gasteiger partial charge in [-0.15, -0.1) is 0 Å². The summed E-state index contributed by atoms with van der Waals surface area (Å²) in [7, 11) is 0. The monoisotopic (exact) mass is 392 g/mol. The van der Waals surface area contributed by atoms with E-state index in [-0.39, 0.29) is 5.92 Å². The van der Waals surface area contributed by atoms with Crippen molar-refractivity contribution in [3.05, 3.63) is 105 Å². The lowest BCUT2D eigenvalue weighted by Crippen LogP contribution is -2.03. The predicted octanol–water partition coefficient (Wildman–Crippen LogP) is 7.37. The molecule has 0 aliphatic rings. The summed E-state index contributed by atoms with van der Waals surface area (Å²) >= 11 is 0. The highest BCUT2D eigenvalue weighted by Gasteiger charge is 2.19. The van der Waals surface area contributed by atoms with Crippen LogP contribution in [0.25, 0.3) is 21.8 Å². The highest BCUT2D eigenvalue weighted by atomic mass is 14.7. The third-order valence-electron chi connectivity index (χ3n) is 6.74. The van der Waals surface area contributed by atoms with E-state index in [1.807, 2.05) is 0 Å². The standard InChI is InChI=1S/C28H28N2/c1-16-6-8-21(9-7-16)28(22-10-12-24-17(2)19(4)29-26(24)14-22)23-11-13-25-18(3)20(5)30-27(25)15-23/h6-15,28-30H,1-5H3. The van der Waals surface area contributed by atoms with Crippen molar-refractivity contribution in [3.63, 3.8) is 0 Å². The molecular formula is C28H28N2. The maximum absolute atomic E-state index is 3.57. The number of aromatic nitrogens is 2. The van der Waals surface area contributed by atoms with Gasteiger partial charge >= 0.3 is 0 Å². The molecule has 0 spiro atoms. The Balaban J connectivity index is 1.72. The Labute approximate surface area is 178 Å². The van der Waals surface area contributed by atoms with Crippen molar-refractivity contribution in [2.75, 3.05) is 0 Å². The first-order chi connectivity index (χ1) is 14.4. The van der Waals surface area contributed by atoms with Gasteiger partial charge in [-0.2, -0.15) is 0 Å². The minimum atomic E-state index is 0.187. The van der Waals surface area contributed by atoms with Crippen molar-refractivity contribution in [2.45, 2.75) is 40.5 Å². The van der Waals surface area contributed by atoms with Gasteiger partial charge < -0.3 is 9.97 Å². The number of aromatic amines is 2. The fourth-order valence-electron chi connectivity index (χ4n) is 4.68. The van der Waals surface area contributed by atoms with Gasteiger partial charge in [0, 0.05) is 39.1 Å². The van der Waals surface area contributed by atoms with Crippen molar-refractivity contribution in [3.8, 4) is 0 Å². The van der Waals surface area contributed by atoms with Gasteiger partial charge in [-0.1, -0.05) is 54.1 Å². The molecule has 2 N–H and O–H groups in total. The minimum absolute atomic E-state index is 0.187. The summed E-state index contributed by atoms with van der Waals surface area (Å²) < 4.78 is 0. The van der Waals surface area contributed by atoms with E-state index < -0.39 is 0 Å². The average molecular weight is 393 g/mol. The zero-order valence-corrected chi connectivity index (χ0v) is 18.4. The first-order valence-electron chi connectivity index (χ1n) is 10.7. The number of benzene rings is 3. The van der Waals surface area contributed by atoms with Crippen LogP contribution in [0.4, 0.5) is 0 Å². The molecule has 2 aromatic heterocycles. The van der Waals surface area contributed by atoms with Crippen LogP contribution < -0.4 is 0 Å². The molecule has 30 heavy (non-hydrogen) atoms. The largest absolute Gasteiger partial charge is 0.358 e. The molecule has 0 aliphatic heterocycles. The second-order valence-electron chi connectivity index (χ2n) is 8.70. The van der Waals surface area contributed by atoms with E-state index in [0.717, 1.165) is 0 Å². The molecular weight excluding hydrogens is 364 g/mol. The molecule has 2 nitrogen and oxygen atoms in total. The van der Waals surface area contributed by atoms with Crippen LogP contribution in [0, 0.1) is 34.6 Å². The van der Waals surface area contributed by atoms with Crippen molar-refractivity contribution in [1.29, 1.82) is 0 Å². The number of hydrogen-bond donors (Lipinski definition) is 2. The molecule has 5 aromatic rings. The average Bonchev–Trinajstić information content (AvgIpc) is 3.18. The molecule has 0 atom stereocenters. The molecule has 150 valence electrons. The van der Waals surface area contributed by atoms with Crippen LogP contribution in [0.2, 0.25) is 0 Å². The van der Waals surface area contributed by atoms with E-state index in [0.29, 0.717) is 0 Å². The minimum Gasteiger partial charge on any atom is -0.358 e. The fraction of sp³-hybridized carbons (Fsp3) is 0.214. The maximum Gasteiger partial charge on any atom is 0.0461 e. The molecule has 0 unspecified atom stereocenters. The molecule has 3 aromatic carbocycles. The second-order valence-corrected chi connectivity index (χ2v) is 8.70. The van der Waals surface area contributed by atoms with Gasteiger partial charge in [0.05, 0.1) is 0 Å². The molecule has 2 heteroatoms. The predicted molar refractivity (Wildman–Crippen MR) is 128 cm³/mol. The molecule has 5 rings (SSSR count). The number of rotatable bonds is 3. The molecule has 0 fully saturated rings. The Morgan fingerprint density at radius 1 is 0.533 bits per heavy atom. The van der Waals surface area contributed by atoms with E-state index >= 15 is 0 Å². The first kappa shape index (κ1) is 18.7. The van der Waals surface area contributed by atoms with Gasteiger partial charge in [0.2, 0.25) is 0 Å². The topological polar surface area (TPSA) is 31.6 Å². The molecule has 0 amide bonds. The van der Waals surface area contributed by atoms with E-state index in [2.05, 4.69) is 105 Å². The van der Waals surface area contributed by atoms with E-state index in [1.165, 1.54) is 66.6 Å². The summed E-state index contributed by atoms with van der Waals surface area (Å²) in [6.45, 7) is 10.8. The molecule has 2 heterocycles. The van der Waals surface area contributed by atoms with Gasteiger partial charge in [0.25, 0.3) is 0 Å². The van der Waals surface area contributed by atoms with E-state index in [4.69, 9.17) is 0 Å². The molecule has 0 bridgehead atoms. The normalized spacial score (nSPS) is 11.8. The van der Waals surface area contributed by atoms with Gasteiger partial charge in [-0.3, -0.25) is 0 Å². The Morgan fingerprint density at radius 3 is 1.43 bits per heavy atom. The molecule has 0 saturated carbocycles. The van der Waals surface area contributed by atoms with E-state index in [1.54, 1.807) is 0 Å². The summed E-state index contributed by atoms with van der Waals surface area (Å²) in [4.78, 5) is 7.14. The summed E-state index contributed by atoms with van der Waals surface area (Å²) in [5, 5.41) is 2.62. The van der Waals surface area contributed by atoms with Crippen molar-refractivity contribution in [1.82, 2.24) is 9.97 Å². The van der Waals surface area contributed by atoms with E-state index in [9.17, 15) is 0 Å². The molecule has 0 aliphatic carbocycles. The molecule has 0 radical (unpaired) electrons. The highest BCUT2D eigenvalue weighted by molar-refractivity contribution is 5.87. The van der Waals surface area contributed by atoms with Crippen LogP contribution in [0.3, 0.4) is 0 Å². The summed E-state index contributed by atoms with van der Waals surface area (Å²) in [5.74, 6) is 0.187. The zero-order chi connectivity index (χ0) is 21.0. The van der Waals surface area contributed by atoms with Crippen molar-refractivity contribution < 1.29 is 0 Å². The maximum atomic E-state index is 3.57. The lowest BCUT2D eigenvalue weighted by atomic mass is 9.84. The number of nitrogens with one attached hydrogen (secondary N) is 2. The number of aryl methyl sites for hydroxylation is 5. The second kappa shape index (κ2) is 6.91. The lowest BCUT2D eigenvalue weighted by molar-refractivity contribution is 0.980. The third-order valence-corrected chi connectivity index (χ3v) is 6.74. The number of H-pyrrole nitrogens is 2.